The second-order valence-corrected chi connectivity index (χ2v) is 5.51. The van der Waals surface area contributed by atoms with Crippen LogP contribution in [0.5, 0.6) is 0 Å². The van der Waals surface area contributed by atoms with Gasteiger partial charge in [-0.25, -0.2) is 4.79 Å². The molecule has 20 heavy (non-hydrogen) atoms. The van der Waals surface area contributed by atoms with Crippen molar-refractivity contribution in [3.05, 3.63) is 35.9 Å². The van der Waals surface area contributed by atoms with Gasteiger partial charge in [-0.2, -0.15) is 0 Å². The van der Waals surface area contributed by atoms with Crippen molar-refractivity contribution < 1.29 is 14.6 Å². The van der Waals surface area contributed by atoms with Crippen molar-refractivity contribution in [2.24, 2.45) is 11.8 Å². The minimum Gasteiger partial charge on any atom is -0.445 e. The third kappa shape index (κ3) is 4.85. The molecule has 4 nitrogen and oxygen atoms in total. The normalized spacial score (nSPS) is 22.2. The summed E-state index contributed by atoms with van der Waals surface area (Å²) in [6.07, 6.45) is 3.91. The van der Waals surface area contributed by atoms with Crippen molar-refractivity contribution in [3.8, 4) is 0 Å². The molecular weight excluding hydrogens is 254 g/mol. The van der Waals surface area contributed by atoms with Crippen LogP contribution in [-0.4, -0.2) is 24.4 Å². The number of hydrogen-bond donors (Lipinski definition) is 2. The van der Waals surface area contributed by atoms with Gasteiger partial charge in [0.15, 0.2) is 0 Å². The predicted octanol–water partition coefficient (Wildman–Crippen LogP) is 2.71. The second kappa shape index (κ2) is 7.90. The van der Waals surface area contributed by atoms with E-state index < -0.39 is 0 Å². The van der Waals surface area contributed by atoms with Gasteiger partial charge in [0.25, 0.3) is 0 Å². The summed E-state index contributed by atoms with van der Waals surface area (Å²) in [5.41, 5.74) is 0.992. The third-order valence-corrected chi connectivity index (χ3v) is 3.97. The minimum atomic E-state index is -0.349. The molecule has 0 radical (unpaired) electrons. The lowest BCUT2D eigenvalue weighted by molar-refractivity contribution is 0.132. The average Bonchev–Trinajstić information content (AvgIpc) is 2.52. The number of ether oxygens (including phenoxy) is 1. The summed E-state index contributed by atoms with van der Waals surface area (Å²) in [6.45, 7) is 1.27. The number of amides is 1. The molecule has 1 aliphatic carbocycles. The van der Waals surface area contributed by atoms with E-state index in [1.165, 1.54) is 0 Å². The Bertz CT molecular complexity index is 399. The first kappa shape index (κ1) is 14.9. The van der Waals surface area contributed by atoms with Gasteiger partial charge in [-0.15, -0.1) is 0 Å². The zero-order valence-corrected chi connectivity index (χ0v) is 11.8. The summed E-state index contributed by atoms with van der Waals surface area (Å²) >= 11 is 0. The van der Waals surface area contributed by atoms with Gasteiger partial charge < -0.3 is 15.2 Å². The summed E-state index contributed by atoms with van der Waals surface area (Å²) in [6, 6.07) is 9.66. The molecule has 0 atom stereocenters. The molecule has 110 valence electrons. The first-order valence-electron chi connectivity index (χ1n) is 7.33. The minimum absolute atomic E-state index is 0.291. The highest BCUT2D eigenvalue weighted by Gasteiger charge is 2.20. The number of benzene rings is 1. The molecule has 1 aromatic carbocycles. The van der Waals surface area contributed by atoms with E-state index in [1.807, 2.05) is 30.3 Å². The lowest BCUT2D eigenvalue weighted by Crippen LogP contribution is -2.32. The molecule has 1 fully saturated rings. The lowest BCUT2D eigenvalue weighted by atomic mass is 9.82. The lowest BCUT2D eigenvalue weighted by Gasteiger charge is -2.27. The van der Waals surface area contributed by atoms with Crippen molar-refractivity contribution in [2.45, 2.75) is 32.3 Å². The topological polar surface area (TPSA) is 58.6 Å². The Morgan fingerprint density at radius 1 is 1.15 bits per heavy atom. The van der Waals surface area contributed by atoms with Crippen molar-refractivity contribution in [1.82, 2.24) is 5.32 Å². The van der Waals surface area contributed by atoms with Gasteiger partial charge >= 0.3 is 6.09 Å². The Morgan fingerprint density at radius 2 is 1.80 bits per heavy atom. The van der Waals surface area contributed by atoms with E-state index in [1.54, 1.807) is 0 Å². The van der Waals surface area contributed by atoms with Gasteiger partial charge in [0.2, 0.25) is 0 Å². The van der Waals surface area contributed by atoms with E-state index in [-0.39, 0.29) is 6.09 Å². The molecule has 1 aliphatic rings. The summed E-state index contributed by atoms with van der Waals surface area (Å²) in [5, 5.41) is 11.9. The maximum absolute atomic E-state index is 11.6. The largest absolute Gasteiger partial charge is 0.445 e. The van der Waals surface area contributed by atoms with Gasteiger partial charge in [0.05, 0.1) is 0 Å². The van der Waals surface area contributed by atoms with Crippen LogP contribution in [0.2, 0.25) is 0 Å². The highest BCUT2D eigenvalue weighted by molar-refractivity contribution is 5.67. The summed E-state index contributed by atoms with van der Waals surface area (Å²) in [4.78, 5) is 11.6. The maximum atomic E-state index is 11.6. The zero-order chi connectivity index (χ0) is 14.2. The number of aliphatic hydroxyl groups is 1. The summed E-state index contributed by atoms with van der Waals surface area (Å²) in [5.74, 6) is 0.971. The molecule has 0 aromatic heterocycles. The molecule has 0 spiro atoms. The molecule has 1 saturated carbocycles. The molecule has 4 heteroatoms. The second-order valence-electron chi connectivity index (χ2n) is 5.51. The van der Waals surface area contributed by atoms with Crippen LogP contribution in [0.3, 0.4) is 0 Å². The van der Waals surface area contributed by atoms with E-state index >= 15 is 0 Å². The predicted molar refractivity (Wildman–Crippen MR) is 77.2 cm³/mol. The third-order valence-electron chi connectivity index (χ3n) is 3.97. The van der Waals surface area contributed by atoms with Gasteiger partial charge in [-0.3, -0.25) is 0 Å². The molecule has 0 aliphatic heterocycles. The molecule has 2 rings (SSSR count). The average molecular weight is 277 g/mol. The van der Waals surface area contributed by atoms with Gasteiger partial charge in [0.1, 0.15) is 6.61 Å². The number of nitrogens with one attached hydrogen (secondary N) is 1. The molecular formula is C16H23NO3. The number of carbonyl (C=O) groups is 1. The standard InChI is InChI=1S/C16H23NO3/c18-11-14-8-6-13(7-9-14)10-17-16(19)20-12-15-4-2-1-3-5-15/h1-5,13-14,18H,6-12H2,(H,17,19). The van der Waals surface area contributed by atoms with Gasteiger partial charge in [0, 0.05) is 13.2 Å². The summed E-state index contributed by atoms with van der Waals surface area (Å²) < 4.78 is 5.17. The van der Waals surface area contributed by atoms with E-state index in [9.17, 15) is 4.79 Å². The Hall–Kier alpha value is -1.55. The Balaban J connectivity index is 1.61. The first-order valence-corrected chi connectivity index (χ1v) is 7.33. The zero-order valence-electron chi connectivity index (χ0n) is 11.8. The molecule has 1 amide bonds. The number of rotatable bonds is 5. The van der Waals surface area contributed by atoms with Crippen molar-refractivity contribution in [2.75, 3.05) is 13.2 Å². The first-order chi connectivity index (χ1) is 9.78. The van der Waals surface area contributed by atoms with Crippen LogP contribution in [0.1, 0.15) is 31.2 Å². The molecule has 0 heterocycles. The van der Waals surface area contributed by atoms with Crippen molar-refractivity contribution in [3.63, 3.8) is 0 Å². The van der Waals surface area contributed by atoms with E-state index in [0.29, 0.717) is 31.6 Å². The van der Waals surface area contributed by atoms with E-state index in [0.717, 1.165) is 31.2 Å². The number of hydrogen-bond acceptors (Lipinski definition) is 3. The molecule has 0 bridgehead atoms. The van der Waals surface area contributed by atoms with Crippen molar-refractivity contribution in [1.29, 1.82) is 0 Å². The Morgan fingerprint density at radius 3 is 2.45 bits per heavy atom. The summed E-state index contributed by atoms with van der Waals surface area (Å²) in [7, 11) is 0. The van der Waals surface area contributed by atoms with Gasteiger partial charge in [-0.1, -0.05) is 30.3 Å². The van der Waals surface area contributed by atoms with Crippen LogP contribution >= 0.6 is 0 Å². The Labute approximate surface area is 120 Å². The smallest absolute Gasteiger partial charge is 0.407 e. The number of carbonyl (C=O) groups excluding carboxylic acids is 1. The molecule has 0 unspecified atom stereocenters. The van der Waals surface area contributed by atoms with Gasteiger partial charge in [-0.05, 0) is 43.1 Å². The van der Waals surface area contributed by atoms with Crippen LogP contribution < -0.4 is 5.32 Å². The van der Waals surface area contributed by atoms with Crippen LogP contribution in [0.25, 0.3) is 0 Å². The molecule has 0 saturated heterocycles. The van der Waals surface area contributed by atoms with Crippen LogP contribution in [-0.2, 0) is 11.3 Å². The highest BCUT2D eigenvalue weighted by atomic mass is 16.5. The van der Waals surface area contributed by atoms with E-state index in [2.05, 4.69) is 5.32 Å². The van der Waals surface area contributed by atoms with E-state index in [4.69, 9.17) is 9.84 Å². The van der Waals surface area contributed by atoms with Crippen LogP contribution in [0.15, 0.2) is 30.3 Å². The Kier molecular flexibility index (Phi) is 5.87. The van der Waals surface area contributed by atoms with Crippen LogP contribution in [0, 0.1) is 11.8 Å². The number of aliphatic hydroxyl groups excluding tert-OH is 1. The number of alkyl carbamates (subject to hydrolysis) is 1. The molecule has 1 aromatic rings. The highest BCUT2D eigenvalue weighted by Crippen LogP contribution is 2.27. The fraction of sp³-hybridized carbons (Fsp3) is 0.562. The monoisotopic (exact) mass is 277 g/mol. The SMILES string of the molecule is O=C(NCC1CCC(CO)CC1)OCc1ccccc1. The molecule has 2 N–H and O–H groups in total. The van der Waals surface area contributed by atoms with Crippen molar-refractivity contribution >= 4 is 6.09 Å². The van der Waals surface area contributed by atoms with Crippen LogP contribution in [0.4, 0.5) is 4.79 Å². The quantitative estimate of drug-likeness (QED) is 0.870. The maximum Gasteiger partial charge on any atom is 0.407 e. The fourth-order valence-electron chi connectivity index (χ4n) is 2.62. The fourth-order valence-corrected chi connectivity index (χ4v) is 2.62.